The molecule has 1 N–H and O–H groups in total. The molecule has 4 rings (SSSR count). The molecule has 4 aliphatic carbocycles. The van der Waals surface area contributed by atoms with Crippen LogP contribution in [0.15, 0.2) is 0 Å². The first-order valence-corrected chi connectivity index (χ1v) is 7.77. The van der Waals surface area contributed by atoms with E-state index < -0.39 is 0 Å². The molecule has 1 nitrogen and oxygen atoms in total. The van der Waals surface area contributed by atoms with E-state index in [1.54, 1.807) is 0 Å². The summed E-state index contributed by atoms with van der Waals surface area (Å²) in [6.07, 6.45) is 10.1. The van der Waals surface area contributed by atoms with Crippen LogP contribution < -0.4 is 0 Å². The Morgan fingerprint density at radius 1 is 0.882 bits per heavy atom. The summed E-state index contributed by atoms with van der Waals surface area (Å²) in [7, 11) is 0. The third kappa shape index (κ3) is 1.20. The van der Waals surface area contributed by atoms with E-state index in [2.05, 4.69) is 20.8 Å². The van der Waals surface area contributed by atoms with Crippen LogP contribution in [0.2, 0.25) is 0 Å². The van der Waals surface area contributed by atoms with E-state index in [0.717, 1.165) is 24.7 Å². The van der Waals surface area contributed by atoms with Crippen LogP contribution in [-0.2, 0) is 0 Å². The van der Waals surface area contributed by atoms with Gasteiger partial charge in [-0.25, -0.2) is 0 Å². The molecule has 98 valence electrons. The van der Waals surface area contributed by atoms with Gasteiger partial charge in [0, 0.05) is 5.41 Å². The smallest absolute Gasteiger partial charge is 0.0714 e. The van der Waals surface area contributed by atoms with Crippen molar-refractivity contribution in [2.45, 2.75) is 77.7 Å². The molecule has 0 saturated heterocycles. The second kappa shape index (κ2) is 3.50. The first-order chi connectivity index (χ1) is 8.05. The maximum absolute atomic E-state index is 11.3. The van der Waals surface area contributed by atoms with Gasteiger partial charge in [0.25, 0.3) is 0 Å². The van der Waals surface area contributed by atoms with Crippen molar-refractivity contribution >= 4 is 0 Å². The Morgan fingerprint density at radius 2 is 1.41 bits per heavy atom. The lowest BCUT2D eigenvalue weighted by atomic mass is 9.35. The molecule has 2 atom stereocenters. The van der Waals surface area contributed by atoms with E-state index >= 15 is 0 Å². The van der Waals surface area contributed by atoms with Crippen molar-refractivity contribution in [3.05, 3.63) is 0 Å². The van der Waals surface area contributed by atoms with Crippen molar-refractivity contribution in [1.82, 2.24) is 0 Å². The molecular weight excluding hydrogens is 208 g/mol. The van der Waals surface area contributed by atoms with Crippen LogP contribution in [0.25, 0.3) is 0 Å². The summed E-state index contributed by atoms with van der Waals surface area (Å²) in [4.78, 5) is 0. The number of rotatable bonds is 3. The van der Waals surface area contributed by atoms with Crippen molar-refractivity contribution in [2.24, 2.45) is 22.7 Å². The van der Waals surface area contributed by atoms with Crippen molar-refractivity contribution < 1.29 is 5.11 Å². The van der Waals surface area contributed by atoms with Gasteiger partial charge in [-0.2, -0.15) is 0 Å². The Hall–Kier alpha value is -0.0400. The quantitative estimate of drug-likeness (QED) is 0.780. The molecule has 0 aromatic carbocycles. The van der Waals surface area contributed by atoms with Gasteiger partial charge >= 0.3 is 0 Å². The van der Waals surface area contributed by atoms with E-state index in [9.17, 15) is 5.11 Å². The zero-order valence-corrected chi connectivity index (χ0v) is 11.8. The Balaban J connectivity index is 2.12. The van der Waals surface area contributed by atoms with Gasteiger partial charge in [0.1, 0.15) is 0 Å². The molecule has 0 aromatic rings. The lowest BCUT2D eigenvalue weighted by Crippen LogP contribution is -2.68. The summed E-state index contributed by atoms with van der Waals surface area (Å²) in [5.74, 6) is 1.66. The minimum absolute atomic E-state index is 0.224. The first kappa shape index (κ1) is 12.0. The van der Waals surface area contributed by atoms with Gasteiger partial charge in [0.05, 0.1) is 5.60 Å². The van der Waals surface area contributed by atoms with Crippen LogP contribution in [0.3, 0.4) is 0 Å². The average molecular weight is 236 g/mol. The number of hydrogen-bond acceptors (Lipinski definition) is 1. The SMILES string of the molecule is CCC12CC3CC(CC(O)(C3)C1(CC)CC)C2. The van der Waals surface area contributed by atoms with E-state index in [1.807, 2.05) is 0 Å². The third-order valence-electron chi connectivity index (χ3n) is 7.07. The summed E-state index contributed by atoms with van der Waals surface area (Å²) in [6, 6.07) is 0. The fourth-order valence-corrected chi connectivity index (χ4v) is 6.74. The van der Waals surface area contributed by atoms with Gasteiger partial charge in [-0.05, 0) is 68.6 Å². The normalized spacial score (nSPS) is 50.8. The highest BCUT2D eigenvalue weighted by Gasteiger charge is 2.69. The van der Waals surface area contributed by atoms with Crippen LogP contribution >= 0.6 is 0 Å². The van der Waals surface area contributed by atoms with Crippen LogP contribution in [0.1, 0.15) is 72.1 Å². The van der Waals surface area contributed by atoms with Crippen molar-refractivity contribution in [3.63, 3.8) is 0 Å². The van der Waals surface area contributed by atoms with Crippen LogP contribution in [0.4, 0.5) is 0 Å². The fraction of sp³-hybridized carbons (Fsp3) is 1.00. The molecule has 4 saturated carbocycles. The zero-order chi connectivity index (χ0) is 12.3. The lowest BCUT2D eigenvalue weighted by Gasteiger charge is -2.71. The van der Waals surface area contributed by atoms with E-state index in [1.165, 1.54) is 38.5 Å². The lowest BCUT2D eigenvalue weighted by molar-refractivity contribution is -0.274. The van der Waals surface area contributed by atoms with E-state index in [4.69, 9.17) is 0 Å². The predicted molar refractivity (Wildman–Crippen MR) is 70.8 cm³/mol. The molecule has 1 heteroatoms. The minimum atomic E-state index is -0.323. The highest BCUT2D eigenvalue weighted by atomic mass is 16.3. The second-order valence-electron chi connectivity index (χ2n) is 7.24. The molecule has 0 radical (unpaired) electrons. The monoisotopic (exact) mass is 236 g/mol. The Kier molecular flexibility index (Phi) is 2.47. The number of hydrogen-bond donors (Lipinski definition) is 1. The van der Waals surface area contributed by atoms with Gasteiger partial charge in [-0.15, -0.1) is 0 Å². The summed E-state index contributed by atoms with van der Waals surface area (Å²) in [5, 5.41) is 11.3. The Labute approximate surface area is 106 Å². The van der Waals surface area contributed by atoms with Gasteiger partial charge < -0.3 is 5.11 Å². The third-order valence-corrected chi connectivity index (χ3v) is 7.07. The Bertz CT molecular complexity index is 301. The van der Waals surface area contributed by atoms with Crippen molar-refractivity contribution in [1.29, 1.82) is 0 Å². The van der Waals surface area contributed by atoms with Gasteiger partial charge in [-0.1, -0.05) is 20.8 Å². The topological polar surface area (TPSA) is 20.2 Å². The van der Waals surface area contributed by atoms with Crippen molar-refractivity contribution in [3.8, 4) is 0 Å². The number of aliphatic hydroxyl groups is 1. The molecule has 0 aromatic heterocycles. The predicted octanol–water partition coefficient (Wildman–Crippen LogP) is 4.14. The minimum Gasteiger partial charge on any atom is -0.389 e. The average Bonchev–Trinajstić information content (AvgIpc) is 2.28. The van der Waals surface area contributed by atoms with Crippen LogP contribution in [0, 0.1) is 22.7 Å². The molecule has 0 aliphatic heterocycles. The molecule has 2 unspecified atom stereocenters. The molecule has 17 heavy (non-hydrogen) atoms. The van der Waals surface area contributed by atoms with Gasteiger partial charge in [0.2, 0.25) is 0 Å². The summed E-state index contributed by atoms with van der Waals surface area (Å²) in [6.45, 7) is 7.01. The van der Waals surface area contributed by atoms with Gasteiger partial charge in [0.15, 0.2) is 0 Å². The van der Waals surface area contributed by atoms with Gasteiger partial charge in [-0.3, -0.25) is 0 Å². The summed E-state index contributed by atoms with van der Waals surface area (Å²) < 4.78 is 0. The molecule has 0 spiro atoms. The molecule has 4 aliphatic rings. The highest BCUT2D eigenvalue weighted by molar-refractivity contribution is 5.19. The van der Waals surface area contributed by atoms with E-state index in [-0.39, 0.29) is 11.0 Å². The molecule has 0 heterocycles. The molecular formula is C16H28O. The summed E-state index contributed by atoms with van der Waals surface area (Å²) in [5.41, 5.74) is 0.369. The maximum Gasteiger partial charge on any atom is 0.0714 e. The molecule has 0 amide bonds. The van der Waals surface area contributed by atoms with Crippen LogP contribution in [0.5, 0.6) is 0 Å². The fourth-order valence-electron chi connectivity index (χ4n) is 6.74. The first-order valence-electron chi connectivity index (χ1n) is 7.77. The van der Waals surface area contributed by atoms with E-state index in [0.29, 0.717) is 5.41 Å². The molecule has 4 fully saturated rings. The second-order valence-corrected chi connectivity index (χ2v) is 7.24. The molecule has 4 bridgehead atoms. The highest BCUT2D eigenvalue weighted by Crippen LogP contribution is 2.73. The zero-order valence-electron chi connectivity index (χ0n) is 11.8. The van der Waals surface area contributed by atoms with Crippen molar-refractivity contribution in [2.75, 3.05) is 0 Å². The Morgan fingerprint density at radius 3 is 1.82 bits per heavy atom. The largest absolute Gasteiger partial charge is 0.389 e. The maximum atomic E-state index is 11.3. The van der Waals surface area contributed by atoms with Crippen LogP contribution in [-0.4, -0.2) is 10.7 Å². The standard InChI is InChI=1S/C16H28O/c1-4-14-8-12-7-13(9-14)11-16(17,10-12)15(14,5-2)6-3/h12-13,17H,4-11H2,1-3H3. The summed E-state index contributed by atoms with van der Waals surface area (Å²) >= 11 is 0.